The Balaban J connectivity index is 1.63. The highest BCUT2D eigenvalue weighted by atomic mass is 19.1. The molecule has 0 bridgehead atoms. The largest absolute Gasteiger partial charge is 0.396 e. The Morgan fingerprint density at radius 1 is 1.33 bits per heavy atom. The molecule has 0 atom stereocenters. The molecule has 1 saturated carbocycles. The van der Waals surface area contributed by atoms with E-state index in [4.69, 9.17) is 10.3 Å². The molecule has 1 aliphatic rings. The van der Waals surface area contributed by atoms with Crippen molar-refractivity contribution >= 4 is 5.69 Å². The molecule has 0 unspecified atom stereocenters. The maximum absolute atomic E-state index is 13.0. The summed E-state index contributed by atoms with van der Waals surface area (Å²) in [4.78, 5) is 4.34. The Hall–Kier alpha value is -1.91. The fraction of sp³-hybridized carbons (Fsp3) is 0.385. The lowest BCUT2D eigenvalue weighted by Gasteiger charge is -2.01. The molecule has 2 N–H and O–H groups in total. The lowest BCUT2D eigenvalue weighted by atomic mass is 10.1. The minimum Gasteiger partial charge on any atom is -0.396 e. The second-order valence-electron chi connectivity index (χ2n) is 4.68. The van der Waals surface area contributed by atoms with Crippen LogP contribution in [0.2, 0.25) is 0 Å². The zero-order chi connectivity index (χ0) is 12.5. The first kappa shape index (κ1) is 11.2. The minimum atomic E-state index is -0.382. The van der Waals surface area contributed by atoms with Gasteiger partial charge in [-0.3, -0.25) is 0 Å². The van der Waals surface area contributed by atoms with E-state index in [2.05, 4.69) is 10.1 Å². The van der Waals surface area contributed by atoms with Crippen LogP contribution in [-0.2, 0) is 12.8 Å². The maximum Gasteiger partial charge on any atom is 0.226 e. The van der Waals surface area contributed by atoms with Gasteiger partial charge in [0.1, 0.15) is 5.82 Å². The van der Waals surface area contributed by atoms with Gasteiger partial charge >= 0.3 is 0 Å². The molecule has 4 nitrogen and oxygen atoms in total. The summed E-state index contributed by atoms with van der Waals surface area (Å²) in [6.07, 6.45) is 3.70. The van der Waals surface area contributed by atoms with Gasteiger partial charge in [0.2, 0.25) is 5.89 Å². The van der Waals surface area contributed by atoms with E-state index >= 15 is 0 Å². The van der Waals surface area contributed by atoms with Crippen molar-refractivity contribution in [2.24, 2.45) is 0 Å². The number of hydrogen-bond acceptors (Lipinski definition) is 4. The predicted molar refractivity (Wildman–Crippen MR) is 64.5 cm³/mol. The van der Waals surface area contributed by atoms with E-state index in [0.717, 1.165) is 30.7 Å². The summed E-state index contributed by atoms with van der Waals surface area (Å²) in [7, 11) is 0. The van der Waals surface area contributed by atoms with Gasteiger partial charge < -0.3 is 10.3 Å². The number of rotatable bonds is 4. The zero-order valence-corrected chi connectivity index (χ0v) is 9.90. The molecule has 3 rings (SSSR count). The summed E-state index contributed by atoms with van der Waals surface area (Å²) in [6.45, 7) is 0. The molecule has 1 aromatic heterocycles. The van der Waals surface area contributed by atoms with Crippen LogP contribution >= 0.6 is 0 Å². The summed E-state index contributed by atoms with van der Waals surface area (Å²) in [5, 5.41) is 3.95. The third-order valence-electron chi connectivity index (χ3n) is 3.11. The molecule has 0 amide bonds. The first-order valence-corrected chi connectivity index (χ1v) is 6.09. The third-order valence-corrected chi connectivity index (χ3v) is 3.11. The van der Waals surface area contributed by atoms with Crippen molar-refractivity contribution in [2.45, 2.75) is 31.6 Å². The first-order chi connectivity index (χ1) is 8.72. The molecule has 1 aromatic carbocycles. The minimum absolute atomic E-state index is 0.177. The third kappa shape index (κ3) is 2.34. The average molecular weight is 247 g/mol. The molecule has 5 heteroatoms. The molecule has 0 saturated heterocycles. The average Bonchev–Trinajstić information content (AvgIpc) is 3.11. The van der Waals surface area contributed by atoms with Crippen LogP contribution in [0.15, 0.2) is 22.7 Å². The Morgan fingerprint density at radius 2 is 2.17 bits per heavy atom. The molecule has 1 aliphatic carbocycles. The number of nitrogens with zero attached hydrogens (tertiary/aromatic N) is 2. The van der Waals surface area contributed by atoms with Gasteiger partial charge in [-0.25, -0.2) is 4.39 Å². The number of aryl methyl sites for hydroxylation is 2. The fourth-order valence-electron chi connectivity index (χ4n) is 1.88. The molecule has 0 aliphatic heterocycles. The van der Waals surface area contributed by atoms with Crippen molar-refractivity contribution in [2.75, 3.05) is 5.73 Å². The molecular weight excluding hydrogens is 233 g/mol. The smallest absolute Gasteiger partial charge is 0.226 e. The highest BCUT2D eigenvalue weighted by Gasteiger charge is 2.28. The van der Waals surface area contributed by atoms with Gasteiger partial charge in [0.05, 0.1) is 5.69 Å². The molecule has 0 radical (unpaired) electrons. The lowest BCUT2D eigenvalue weighted by Crippen LogP contribution is -1.96. The lowest BCUT2D eigenvalue weighted by molar-refractivity contribution is 0.373. The van der Waals surface area contributed by atoms with E-state index < -0.39 is 0 Å². The zero-order valence-electron chi connectivity index (χ0n) is 9.90. The quantitative estimate of drug-likeness (QED) is 0.843. The van der Waals surface area contributed by atoms with Gasteiger partial charge in [0.25, 0.3) is 0 Å². The number of anilines is 1. The first-order valence-electron chi connectivity index (χ1n) is 6.09. The van der Waals surface area contributed by atoms with Crippen LogP contribution in [0, 0.1) is 5.82 Å². The number of nitrogen functional groups attached to an aromatic ring is 1. The number of aromatic nitrogens is 2. The van der Waals surface area contributed by atoms with Crippen molar-refractivity contribution in [1.82, 2.24) is 10.1 Å². The molecule has 0 spiro atoms. The Bertz CT molecular complexity index is 563. The van der Waals surface area contributed by atoms with E-state index in [0.29, 0.717) is 18.2 Å². The van der Waals surface area contributed by atoms with E-state index in [1.165, 1.54) is 6.07 Å². The van der Waals surface area contributed by atoms with E-state index in [1.54, 1.807) is 12.1 Å². The summed E-state index contributed by atoms with van der Waals surface area (Å²) >= 11 is 0. The molecule has 2 aromatic rings. The van der Waals surface area contributed by atoms with Gasteiger partial charge in [-0.15, -0.1) is 0 Å². The number of hydrogen-bond donors (Lipinski definition) is 1. The highest BCUT2D eigenvalue weighted by molar-refractivity contribution is 5.42. The fourth-order valence-corrected chi connectivity index (χ4v) is 1.88. The van der Waals surface area contributed by atoms with Crippen LogP contribution < -0.4 is 5.73 Å². The van der Waals surface area contributed by atoms with Crippen molar-refractivity contribution in [1.29, 1.82) is 0 Å². The highest BCUT2D eigenvalue weighted by Crippen LogP contribution is 2.38. The van der Waals surface area contributed by atoms with Crippen LogP contribution in [-0.4, -0.2) is 10.1 Å². The maximum atomic E-state index is 13.0. The van der Waals surface area contributed by atoms with Gasteiger partial charge in [-0.1, -0.05) is 11.2 Å². The number of benzene rings is 1. The normalized spacial score (nSPS) is 14.9. The molecule has 94 valence electrons. The Morgan fingerprint density at radius 3 is 2.89 bits per heavy atom. The van der Waals surface area contributed by atoms with Gasteiger partial charge in [0.15, 0.2) is 5.82 Å². The monoisotopic (exact) mass is 247 g/mol. The number of halogens is 1. The standard InChI is InChI=1S/C13H14FN3O/c14-10-5-1-8(7-11(10)15)2-6-12-16-13(17-18-12)9-3-4-9/h1,5,7,9H,2-4,6,15H2. The molecular formula is C13H14FN3O. The van der Waals surface area contributed by atoms with Gasteiger partial charge in [-0.2, -0.15) is 4.98 Å². The van der Waals surface area contributed by atoms with Gasteiger partial charge in [0, 0.05) is 12.3 Å². The van der Waals surface area contributed by atoms with Gasteiger partial charge in [-0.05, 0) is 37.0 Å². The van der Waals surface area contributed by atoms with E-state index in [-0.39, 0.29) is 11.5 Å². The predicted octanol–water partition coefficient (Wildman–Crippen LogP) is 2.45. The van der Waals surface area contributed by atoms with Crippen LogP contribution in [0.5, 0.6) is 0 Å². The Kier molecular flexibility index (Phi) is 2.74. The Labute approximate surface area is 104 Å². The van der Waals surface area contributed by atoms with Crippen LogP contribution in [0.25, 0.3) is 0 Å². The topological polar surface area (TPSA) is 64.9 Å². The van der Waals surface area contributed by atoms with Crippen molar-refractivity contribution in [3.8, 4) is 0 Å². The summed E-state index contributed by atoms with van der Waals surface area (Å²) in [5.41, 5.74) is 6.67. The van der Waals surface area contributed by atoms with E-state index in [9.17, 15) is 4.39 Å². The molecule has 1 fully saturated rings. The summed E-state index contributed by atoms with van der Waals surface area (Å²) in [5.74, 6) is 1.58. The van der Waals surface area contributed by atoms with Crippen molar-refractivity contribution < 1.29 is 8.91 Å². The second-order valence-corrected chi connectivity index (χ2v) is 4.68. The molecule has 1 heterocycles. The van der Waals surface area contributed by atoms with Crippen LogP contribution in [0.3, 0.4) is 0 Å². The van der Waals surface area contributed by atoms with Crippen LogP contribution in [0.4, 0.5) is 10.1 Å². The van der Waals surface area contributed by atoms with Crippen molar-refractivity contribution in [3.05, 3.63) is 41.3 Å². The number of nitrogens with two attached hydrogens (primary N) is 1. The SMILES string of the molecule is Nc1cc(CCc2nc(C3CC3)no2)ccc1F. The van der Waals surface area contributed by atoms with Crippen molar-refractivity contribution in [3.63, 3.8) is 0 Å². The molecule has 18 heavy (non-hydrogen) atoms. The summed E-state index contributed by atoms with van der Waals surface area (Å²) < 4.78 is 18.2. The van der Waals surface area contributed by atoms with E-state index in [1.807, 2.05) is 0 Å². The second kappa shape index (κ2) is 4.40. The summed E-state index contributed by atoms with van der Waals surface area (Å²) in [6, 6.07) is 4.76. The van der Waals surface area contributed by atoms with Crippen LogP contribution in [0.1, 0.15) is 36.0 Å².